The maximum Gasteiger partial charge on any atom is 0.496 e. The van der Waals surface area contributed by atoms with Gasteiger partial charge in [0.1, 0.15) is 5.75 Å². The predicted octanol–water partition coefficient (Wildman–Crippen LogP) is 4.25. The van der Waals surface area contributed by atoms with Crippen LogP contribution in [0, 0.1) is 0 Å². The first-order valence-corrected chi connectivity index (χ1v) is 11.6. The topological polar surface area (TPSA) is 74.3 Å². The molecule has 34 heavy (non-hydrogen) atoms. The SMILES string of the molecule is COC(=O)CCCOc1ccccc1N(C)C(=O)c1ccc(Cl)c(B2OC(C)(C)C(C)(C)O2)c1. The van der Waals surface area contributed by atoms with E-state index in [1.807, 2.05) is 39.8 Å². The van der Waals surface area contributed by atoms with Gasteiger partial charge < -0.3 is 23.7 Å². The van der Waals surface area contributed by atoms with Gasteiger partial charge in [0.15, 0.2) is 0 Å². The molecule has 0 saturated carbocycles. The molecule has 1 saturated heterocycles. The summed E-state index contributed by atoms with van der Waals surface area (Å²) in [6.07, 6.45) is 0.771. The molecular weight excluding hydrogens is 457 g/mol. The van der Waals surface area contributed by atoms with Gasteiger partial charge in [0.25, 0.3) is 5.91 Å². The third kappa shape index (κ3) is 5.57. The first-order valence-electron chi connectivity index (χ1n) is 11.2. The fourth-order valence-electron chi connectivity index (χ4n) is 3.49. The zero-order valence-corrected chi connectivity index (χ0v) is 21.3. The number of halogens is 1. The zero-order chi connectivity index (χ0) is 25.1. The summed E-state index contributed by atoms with van der Waals surface area (Å²) in [7, 11) is 2.36. The summed E-state index contributed by atoms with van der Waals surface area (Å²) in [6.45, 7) is 8.18. The van der Waals surface area contributed by atoms with Crippen molar-refractivity contribution < 1.29 is 28.4 Å². The van der Waals surface area contributed by atoms with E-state index in [9.17, 15) is 9.59 Å². The van der Waals surface area contributed by atoms with Gasteiger partial charge in [-0.25, -0.2) is 0 Å². The summed E-state index contributed by atoms with van der Waals surface area (Å²) in [5.41, 5.74) is 0.603. The number of carbonyl (C=O) groups is 2. The number of rotatable bonds is 8. The molecule has 1 heterocycles. The molecule has 0 unspecified atom stereocenters. The van der Waals surface area contributed by atoms with Crippen LogP contribution in [0.3, 0.4) is 0 Å². The fourth-order valence-corrected chi connectivity index (χ4v) is 3.69. The summed E-state index contributed by atoms with van der Waals surface area (Å²) in [5.74, 6) is 0.0214. The summed E-state index contributed by atoms with van der Waals surface area (Å²) < 4.78 is 22.7. The number of amides is 1. The Kier molecular flexibility index (Phi) is 7.96. The van der Waals surface area contributed by atoms with Crippen LogP contribution in [0.15, 0.2) is 42.5 Å². The van der Waals surface area contributed by atoms with Crippen molar-refractivity contribution in [1.82, 2.24) is 0 Å². The number of esters is 1. The van der Waals surface area contributed by atoms with E-state index in [2.05, 4.69) is 4.74 Å². The van der Waals surface area contributed by atoms with E-state index in [1.54, 1.807) is 37.4 Å². The molecule has 0 atom stereocenters. The van der Waals surface area contributed by atoms with E-state index >= 15 is 0 Å². The standard InChI is InChI=1S/C25H31BClNO6/c1-24(2)25(3,4)34-26(33-24)18-16-17(13-14-19(18)27)23(30)28(5)20-10-7-8-11-21(20)32-15-9-12-22(29)31-6/h7-8,10-11,13-14,16H,9,12,15H2,1-6H3. The van der Waals surface area contributed by atoms with Crippen LogP contribution in [0.5, 0.6) is 5.75 Å². The van der Waals surface area contributed by atoms with E-state index in [4.69, 9.17) is 25.6 Å². The highest BCUT2D eigenvalue weighted by atomic mass is 35.5. The number of hydrogen-bond acceptors (Lipinski definition) is 6. The lowest BCUT2D eigenvalue weighted by Gasteiger charge is -2.32. The van der Waals surface area contributed by atoms with E-state index in [0.717, 1.165) is 0 Å². The molecule has 1 aliphatic rings. The van der Waals surface area contributed by atoms with Crippen molar-refractivity contribution in [3.63, 3.8) is 0 Å². The van der Waals surface area contributed by atoms with Crippen molar-refractivity contribution in [2.24, 2.45) is 0 Å². The molecule has 1 fully saturated rings. The number of methoxy groups -OCH3 is 1. The Morgan fingerprint density at radius 2 is 1.71 bits per heavy atom. The minimum Gasteiger partial charge on any atom is -0.491 e. The molecule has 1 aliphatic heterocycles. The van der Waals surface area contributed by atoms with Crippen LogP contribution in [-0.2, 0) is 18.8 Å². The molecule has 2 aromatic rings. The largest absolute Gasteiger partial charge is 0.496 e. The Morgan fingerprint density at radius 3 is 2.35 bits per heavy atom. The second-order valence-electron chi connectivity index (χ2n) is 9.18. The van der Waals surface area contributed by atoms with Gasteiger partial charge in [0.05, 0.1) is 30.6 Å². The minimum absolute atomic E-state index is 0.236. The van der Waals surface area contributed by atoms with Gasteiger partial charge >= 0.3 is 13.1 Å². The Hall–Kier alpha value is -2.55. The molecule has 0 aromatic heterocycles. The van der Waals surface area contributed by atoms with Crippen molar-refractivity contribution in [3.8, 4) is 5.75 Å². The lowest BCUT2D eigenvalue weighted by molar-refractivity contribution is -0.140. The Bertz CT molecular complexity index is 1040. The van der Waals surface area contributed by atoms with E-state index in [1.165, 1.54) is 12.0 Å². The Balaban J connectivity index is 1.78. The van der Waals surface area contributed by atoms with Crippen LogP contribution in [0.4, 0.5) is 5.69 Å². The smallest absolute Gasteiger partial charge is 0.491 e. The van der Waals surface area contributed by atoms with Crippen LogP contribution in [0.1, 0.15) is 50.9 Å². The molecule has 0 N–H and O–H groups in total. The summed E-state index contributed by atoms with van der Waals surface area (Å²) in [6, 6.07) is 12.3. The number of anilines is 1. The maximum absolute atomic E-state index is 13.4. The number of para-hydroxylation sites is 2. The molecular formula is C25H31BClNO6. The molecule has 2 aromatic carbocycles. The maximum atomic E-state index is 13.4. The highest BCUT2D eigenvalue weighted by Gasteiger charge is 2.52. The van der Waals surface area contributed by atoms with Crippen LogP contribution >= 0.6 is 11.6 Å². The van der Waals surface area contributed by atoms with Gasteiger partial charge in [-0.3, -0.25) is 9.59 Å². The molecule has 0 spiro atoms. The minimum atomic E-state index is -0.680. The summed E-state index contributed by atoms with van der Waals surface area (Å²) in [4.78, 5) is 26.2. The molecule has 1 amide bonds. The number of ether oxygens (including phenoxy) is 2. The van der Waals surface area contributed by atoms with E-state index < -0.39 is 18.3 Å². The average Bonchev–Trinajstić information content (AvgIpc) is 3.02. The van der Waals surface area contributed by atoms with Gasteiger partial charge in [0, 0.05) is 29.5 Å². The molecule has 0 aliphatic carbocycles. The molecule has 0 bridgehead atoms. The molecule has 3 rings (SSSR count). The number of benzene rings is 2. The monoisotopic (exact) mass is 487 g/mol. The normalized spacial score (nSPS) is 16.3. The van der Waals surface area contributed by atoms with Crippen LogP contribution in [-0.4, -0.2) is 51.0 Å². The lowest BCUT2D eigenvalue weighted by Crippen LogP contribution is -2.41. The zero-order valence-electron chi connectivity index (χ0n) is 20.5. The first kappa shape index (κ1) is 26.1. The summed E-state index contributed by atoms with van der Waals surface area (Å²) >= 11 is 6.45. The number of hydrogen-bond donors (Lipinski definition) is 0. The highest BCUT2D eigenvalue weighted by molar-refractivity contribution is 6.65. The second-order valence-corrected chi connectivity index (χ2v) is 9.59. The third-order valence-electron chi connectivity index (χ3n) is 6.29. The average molecular weight is 488 g/mol. The van der Waals surface area contributed by atoms with Crippen molar-refractivity contribution >= 4 is 41.7 Å². The predicted molar refractivity (Wildman–Crippen MR) is 133 cm³/mol. The molecule has 0 radical (unpaired) electrons. The Labute approximate surface area is 206 Å². The highest BCUT2D eigenvalue weighted by Crippen LogP contribution is 2.37. The lowest BCUT2D eigenvalue weighted by atomic mass is 9.78. The van der Waals surface area contributed by atoms with Crippen LogP contribution < -0.4 is 15.1 Å². The summed E-state index contributed by atoms with van der Waals surface area (Å²) in [5, 5.41) is 0.465. The van der Waals surface area contributed by atoms with Crippen molar-refractivity contribution in [2.45, 2.75) is 51.7 Å². The van der Waals surface area contributed by atoms with E-state index in [0.29, 0.717) is 40.5 Å². The third-order valence-corrected chi connectivity index (χ3v) is 6.64. The van der Waals surface area contributed by atoms with Gasteiger partial charge in [0.2, 0.25) is 0 Å². The van der Waals surface area contributed by atoms with Gasteiger partial charge in [-0.2, -0.15) is 0 Å². The molecule has 182 valence electrons. The van der Waals surface area contributed by atoms with Crippen molar-refractivity contribution in [3.05, 3.63) is 53.1 Å². The quantitative estimate of drug-likeness (QED) is 0.315. The first-order chi connectivity index (χ1) is 16.0. The van der Waals surface area contributed by atoms with Gasteiger partial charge in [-0.1, -0.05) is 23.7 Å². The van der Waals surface area contributed by atoms with E-state index in [-0.39, 0.29) is 18.3 Å². The van der Waals surface area contributed by atoms with Crippen LogP contribution in [0.25, 0.3) is 0 Å². The Morgan fingerprint density at radius 1 is 1.06 bits per heavy atom. The van der Waals surface area contributed by atoms with Gasteiger partial charge in [-0.15, -0.1) is 0 Å². The molecule has 9 heteroatoms. The van der Waals surface area contributed by atoms with Gasteiger partial charge in [-0.05, 0) is 64.4 Å². The van der Waals surface area contributed by atoms with Crippen molar-refractivity contribution in [1.29, 1.82) is 0 Å². The second kappa shape index (κ2) is 10.4. The fraction of sp³-hybridized carbons (Fsp3) is 0.440. The van der Waals surface area contributed by atoms with Crippen molar-refractivity contribution in [2.75, 3.05) is 25.7 Å². The van der Waals surface area contributed by atoms with Crippen LogP contribution in [0.2, 0.25) is 5.02 Å². The molecule has 7 nitrogen and oxygen atoms in total. The number of nitrogens with zero attached hydrogens (tertiary/aromatic N) is 1. The number of carbonyl (C=O) groups excluding carboxylic acids is 2.